The number of phenolic OH excluding ortho intramolecular Hbond substituents is 1. The molecule has 0 unspecified atom stereocenters. The average molecular weight is 326 g/mol. The molecule has 22 heavy (non-hydrogen) atoms. The molecular formula is C12H14N4O5S. The molecule has 2 aromatic rings. The van der Waals surface area contributed by atoms with Gasteiger partial charge in [-0.1, -0.05) is 0 Å². The zero-order valence-electron chi connectivity index (χ0n) is 12.1. The average Bonchev–Trinajstić information content (AvgIpc) is 2.65. The van der Waals surface area contributed by atoms with Gasteiger partial charge in [-0.2, -0.15) is 5.10 Å². The first-order chi connectivity index (χ1) is 10.1. The van der Waals surface area contributed by atoms with Crippen molar-refractivity contribution >= 4 is 21.4 Å². The Morgan fingerprint density at radius 2 is 2.00 bits per heavy atom. The van der Waals surface area contributed by atoms with Crippen LogP contribution in [0.5, 0.6) is 5.75 Å². The number of aryl methyl sites for hydroxylation is 2. The lowest BCUT2D eigenvalue weighted by Gasteiger charge is -2.08. The zero-order chi connectivity index (χ0) is 16.7. The van der Waals surface area contributed by atoms with Crippen LogP contribution in [0.2, 0.25) is 0 Å². The van der Waals surface area contributed by atoms with Gasteiger partial charge in [0.15, 0.2) is 5.75 Å². The van der Waals surface area contributed by atoms with E-state index < -0.39 is 26.4 Å². The summed E-state index contributed by atoms with van der Waals surface area (Å²) in [6.07, 6.45) is 0. The third-order valence-corrected chi connectivity index (χ3v) is 4.55. The van der Waals surface area contributed by atoms with Gasteiger partial charge in [-0.3, -0.25) is 19.5 Å². The largest absolute Gasteiger partial charge is 0.502 e. The minimum absolute atomic E-state index is 0.318. The number of rotatable bonds is 4. The van der Waals surface area contributed by atoms with Gasteiger partial charge in [0, 0.05) is 13.1 Å². The predicted molar refractivity (Wildman–Crippen MR) is 78.3 cm³/mol. The highest BCUT2D eigenvalue weighted by atomic mass is 32.2. The number of aromatic nitrogens is 2. The zero-order valence-corrected chi connectivity index (χ0v) is 12.9. The molecule has 0 aliphatic rings. The highest BCUT2D eigenvalue weighted by Crippen LogP contribution is 2.30. The number of anilines is 1. The minimum Gasteiger partial charge on any atom is -0.502 e. The van der Waals surface area contributed by atoms with Gasteiger partial charge in [-0.15, -0.1) is 0 Å². The van der Waals surface area contributed by atoms with Crippen molar-refractivity contribution in [3.05, 3.63) is 39.7 Å². The van der Waals surface area contributed by atoms with Crippen LogP contribution in [0.4, 0.5) is 11.4 Å². The summed E-state index contributed by atoms with van der Waals surface area (Å²) in [5, 5.41) is 24.3. The van der Waals surface area contributed by atoms with Crippen LogP contribution in [0, 0.1) is 24.0 Å². The van der Waals surface area contributed by atoms with Crippen molar-refractivity contribution in [2.24, 2.45) is 7.05 Å². The van der Waals surface area contributed by atoms with Crippen molar-refractivity contribution in [2.75, 3.05) is 4.72 Å². The van der Waals surface area contributed by atoms with Gasteiger partial charge in [0.05, 0.1) is 26.9 Å². The number of nitro benzene ring substituents is 1. The molecule has 0 fully saturated rings. The van der Waals surface area contributed by atoms with Crippen LogP contribution in [0.3, 0.4) is 0 Å². The van der Waals surface area contributed by atoms with Gasteiger partial charge >= 0.3 is 5.69 Å². The molecule has 1 heterocycles. The predicted octanol–water partition coefficient (Wildman–Crippen LogP) is 1.45. The van der Waals surface area contributed by atoms with Gasteiger partial charge in [0.2, 0.25) is 0 Å². The standard InChI is InChI=1S/C12H14N4O5S/c1-7-12(8(2)15(3)13-7)14-22(20,21)9-4-5-11(17)10(6-9)16(18)19/h4-6,14,17H,1-3H3. The summed E-state index contributed by atoms with van der Waals surface area (Å²) in [4.78, 5) is 9.62. The summed E-state index contributed by atoms with van der Waals surface area (Å²) in [7, 11) is -2.36. The normalized spacial score (nSPS) is 11.4. The monoisotopic (exact) mass is 326 g/mol. The molecule has 0 atom stereocenters. The van der Waals surface area contributed by atoms with E-state index in [1.54, 1.807) is 20.9 Å². The Morgan fingerprint density at radius 1 is 1.36 bits per heavy atom. The lowest BCUT2D eigenvalue weighted by molar-refractivity contribution is -0.386. The number of nitrogens with zero attached hydrogens (tertiary/aromatic N) is 3. The third kappa shape index (κ3) is 2.72. The molecule has 0 aliphatic carbocycles. The van der Waals surface area contributed by atoms with E-state index in [9.17, 15) is 23.6 Å². The first-order valence-corrected chi connectivity index (χ1v) is 7.62. The molecule has 10 heteroatoms. The molecule has 1 aromatic carbocycles. The van der Waals surface area contributed by atoms with Gasteiger partial charge in [0.1, 0.15) is 0 Å². The molecular weight excluding hydrogens is 312 g/mol. The van der Waals surface area contributed by atoms with E-state index in [2.05, 4.69) is 9.82 Å². The summed E-state index contributed by atoms with van der Waals surface area (Å²) in [6, 6.07) is 2.86. The Kier molecular flexibility index (Phi) is 3.79. The summed E-state index contributed by atoms with van der Waals surface area (Å²) in [6.45, 7) is 3.33. The van der Waals surface area contributed by atoms with E-state index in [-0.39, 0.29) is 4.90 Å². The minimum atomic E-state index is -4.04. The molecule has 2 N–H and O–H groups in total. The van der Waals surface area contributed by atoms with Gasteiger partial charge < -0.3 is 5.11 Å². The molecule has 0 spiro atoms. The van der Waals surface area contributed by atoms with Crippen LogP contribution in [0.25, 0.3) is 0 Å². The number of aromatic hydroxyl groups is 1. The lowest BCUT2D eigenvalue weighted by Crippen LogP contribution is -2.14. The van der Waals surface area contributed by atoms with E-state index in [0.717, 1.165) is 18.2 Å². The van der Waals surface area contributed by atoms with Gasteiger partial charge in [-0.05, 0) is 26.0 Å². The van der Waals surface area contributed by atoms with Crippen LogP contribution in [-0.4, -0.2) is 28.2 Å². The van der Waals surface area contributed by atoms with E-state index in [4.69, 9.17) is 0 Å². The molecule has 0 radical (unpaired) electrons. The molecule has 0 aliphatic heterocycles. The van der Waals surface area contributed by atoms with Gasteiger partial charge in [-0.25, -0.2) is 8.42 Å². The van der Waals surface area contributed by atoms with Gasteiger partial charge in [0.25, 0.3) is 10.0 Å². The topological polar surface area (TPSA) is 127 Å². The fourth-order valence-corrected chi connectivity index (χ4v) is 3.13. The second-order valence-corrected chi connectivity index (χ2v) is 6.36. The van der Waals surface area contributed by atoms with Crippen LogP contribution in [0.15, 0.2) is 23.1 Å². The fourth-order valence-electron chi connectivity index (χ4n) is 1.93. The number of hydrogen-bond donors (Lipinski definition) is 2. The number of nitrogens with one attached hydrogen (secondary N) is 1. The van der Waals surface area contributed by atoms with Crippen molar-refractivity contribution in [3.8, 4) is 5.75 Å². The Morgan fingerprint density at radius 3 is 2.50 bits per heavy atom. The fraction of sp³-hybridized carbons (Fsp3) is 0.250. The lowest BCUT2D eigenvalue weighted by atomic mass is 10.3. The molecule has 0 bridgehead atoms. The van der Waals surface area contributed by atoms with Crippen LogP contribution < -0.4 is 4.72 Å². The molecule has 0 amide bonds. The summed E-state index contributed by atoms with van der Waals surface area (Å²) < 4.78 is 28.6. The first kappa shape index (κ1) is 15.8. The maximum absolute atomic E-state index is 12.3. The quantitative estimate of drug-likeness (QED) is 0.646. The van der Waals surface area contributed by atoms with Crippen LogP contribution >= 0.6 is 0 Å². The third-order valence-electron chi connectivity index (χ3n) is 3.20. The first-order valence-electron chi connectivity index (χ1n) is 6.14. The Bertz CT molecular complexity index is 857. The number of nitro groups is 1. The molecule has 0 saturated carbocycles. The summed E-state index contributed by atoms with van der Waals surface area (Å²) in [5.74, 6) is -0.599. The number of hydrogen-bond acceptors (Lipinski definition) is 6. The van der Waals surface area contributed by atoms with E-state index in [0.29, 0.717) is 17.1 Å². The molecule has 1 aromatic heterocycles. The number of benzene rings is 1. The Hall–Kier alpha value is -2.62. The van der Waals surface area contributed by atoms with Crippen LogP contribution in [-0.2, 0) is 17.1 Å². The van der Waals surface area contributed by atoms with E-state index >= 15 is 0 Å². The van der Waals surface area contributed by atoms with Crippen LogP contribution in [0.1, 0.15) is 11.4 Å². The number of phenols is 1. The SMILES string of the molecule is Cc1nn(C)c(C)c1NS(=O)(=O)c1ccc(O)c([N+](=O)[O-])c1. The van der Waals surface area contributed by atoms with Crippen molar-refractivity contribution in [3.63, 3.8) is 0 Å². The smallest absolute Gasteiger partial charge is 0.312 e. The van der Waals surface area contributed by atoms with Crippen molar-refractivity contribution in [1.82, 2.24) is 9.78 Å². The molecule has 118 valence electrons. The summed E-state index contributed by atoms with van der Waals surface area (Å²) in [5.41, 5.74) is 0.729. The highest BCUT2D eigenvalue weighted by molar-refractivity contribution is 7.92. The number of sulfonamides is 1. The Labute approximate surface area is 126 Å². The van der Waals surface area contributed by atoms with Crippen molar-refractivity contribution < 1.29 is 18.4 Å². The summed E-state index contributed by atoms with van der Waals surface area (Å²) >= 11 is 0. The molecule has 9 nitrogen and oxygen atoms in total. The van der Waals surface area contributed by atoms with Crippen molar-refractivity contribution in [2.45, 2.75) is 18.7 Å². The van der Waals surface area contributed by atoms with Crippen molar-refractivity contribution in [1.29, 1.82) is 0 Å². The maximum Gasteiger partial charge on any atom is 0.312 e. The van der Waals surface area contributed by atoms with E-state index in [1.807, 2.05) is 0 Å². The highest BCUT2D eigenvalue weighted by Gasteiger charge is 2.23. The maximum atomic E-state index is 12.3. The second kappa shape index (κ2) is 5.30. The Balaban J connectivity index is 2.47. The molecule has 0 saturated heterocycles. The molecule has 2 rings (SSSR count). The van der Waals surface area contributed by atoms with E-state index in [1.165, 1.54) is 4.68 Å². The second-order valence-electron chi connectivity index (χ2n) is 4.68.